The van der Waals surface area contributed by atoms with Crippen molar-refractivity contribution >= 4 is 87.3 Å². The second-order valence-electron chi connectivity index (χ2n) is 20.0. The number of piperazine rings is 2. The number of benzene rings is 4. The third-order valence-electron chi connectivity index (χ3n) is 14.8. The van der Waals surface area contributed by atoms with Crippen LogP contribution in [0, 0.1) is 5.41 Å². The predicted octanol–water partition coefficient (Wildman–Crippen LogP) is 4.21. The summed E-state index contributed by atoms with van der Waals surface area (Å²) in [5.74, 6) is -1.41. The third-order valence-corrected chi connectivity index (χ3v) is 17.1. The molecule has 0 atom stereocenters. The van der Waals surface area contributed by atoms with Gasteiger partial charge in [-0.3, -0.25) is 48.3 Å². The number of amides is 2. The van der Waals surface area contributed by atoms with E-state index in [-0.39, 0.29) is 44.8 Å². The van der Waals surface area contributed by atoms with Crippen LogP contribution in [-0.4, -0.2) is 199 Å². The monoisotopic (exact) mass is 1140 g/mol. The van der Waals surface area contributed by atoms with Gasteiger partial charge < -0.3 is 35.2 Å². The zero-order valence-corrected chi connectivity index (χ0v) is 46.7. The molecule has 4 aromatic rings. The van der Waals surface area contributed by atoms with Crippen LogP contribution in [0.25, 0.3) is 0 Å². The van der Waals surface area contributed by atoms with E-state index in [1.165, 1.54) is 27.5 Å². The summed E-state index contributed by atoms with van der Waals surface area (Å²) >= 11 is 3.46. The molecule has 0 bridgehead atoms. The van der Waals surface area contributed by atoms with Crippen molar-refractivity contribution in [1.82, 2.24) is 24.5 Å². The molecule has 0 unspecified atom stereocenters. The van der Waals surface area contributed by atoms with Gasteiger partial charge in [-0.15, -0.1) is 0 Å². The summed E-state index contributed by atoms with van der Waals surface area (Å²) in [5.41, 5.74) is 10.3. The molecule has 1 saturated carbocycles. The minimum Gasteiger partial charge on any atom is -0.394 e. The number of ether oxygens (including phenoxy) is 2. The van der Waals surface area contributed by atoms with Gasteiger partial charge in [-0.1, -0.05) is 59.9 Å². The van der Waals surface area contributed by atoms with E-state index in [0.717, 1.165) is 132 Å². The van der Waals surface area contributed by atoms with Gasteiger partial charge >= 0.3 is 0 Å². The van der Waals surface area contributed by atoms with Gasteiger partial charge in [-0.25, -0.2) is 9.98 Å². The molecule has 5 heterocycles. The molecule has 3 fully saturated rings. The molecule has 19 nitrogen and oxygen atoms in total. The van der Waals surface area contributed by atoms with E-state index in [0.29, 0.717) is 39.4 Å². The standard InChI is InChI=1S/C29H32N4O5S.C22H28N4O2S.C9H6O4/c34-16-18-38-17-15-31-11-13-32(14-12-31)29-23-8-6-21(5-7-22(35)20-33-27(36)9-10-28(33)37)19-26(23)39-25-4-2-1-3-24(25)30-29;23-16-17-5-6-18-21(15-17)29-20-4-2-1-3-19(20)24-22(18)26-9-7-25(8-10-26)11-13-28-14-12-27;10-5-1-2-6(11)9(5)7(12)3-4-8(9)13/h1-4,6,8-10,19,34H,5,7,11-18,20H2;1-6,15,27H,7-14,16,23H2;1-2H,3-4H2. The summed E-state index contributed by atoms with van der Waals surface area (Å²) < 4.78 is 10.8. The fourth-order valence-electron chi connectivity index (χ4n) is 10.3. The lowest BCUT2D eigenvalue weighted by atomic mass is 9.80. The number of amidine groups is 2. The molecule has 7 aliphatic rings. The van der Waals surface area contributed by atoms with Crippen molar-refractivity contribution in [2.45, 2.75) is 51.8 Å². The van der Waals surface area contributed by atoms with E-state index in [1.807, 2.05) is 30.3 Å². The van der Waals surface area contributed by atoms with Gasteiger partial charge in [0, 0.05) is 134 Å². The van der Waals surface area contributed by atoms with Gasteiger partial charge in [0.05, 0.1) is 57.6 Å². The first kappa shape index (κ1) is 58.9. The first-order valence-corrected chi connectivity index (χ1v) is 28.9. The Labute approximate surface area is 478 Å². The Balaban J connectivity index is 0.000000164. The molecule has 4 N–H and O–H groups in total. The fourth-order valence-corrected chi connectivity index (χ4v) is 12.5. The number of imide groups is 1. The van der Waals surface area contributed by atoms with Gasteiger partial charge in [-0.2, -0.15) is 0 Å². The summed E-state index contributed by atoms with van der Waals surface area (Å²) in [7, 11) is 0. The highest BCUT2D eigenvalue weighted by atomic mass is 32.2. The molecule has 2 amide bonds. The Morgan fingerprint density at radius 1 is 0.568 bits per heavy atom. The minimum atomic E-state index is -1.94. The topological polar surface area (TPSA) is 245 Å². The number of carbonyl (C=O) groups is 7. The molecular weight excluding hydrogens is 1070 g/mol. The van der Waals surface area contributed by atoms with Gasteiger partial charge in [0.1, 0.15) is 11.7 Å². The molecule has 11 rings (SSSR count). The first-order chi connectivity index (χ1) is 39.4. The predicted molar refractivity (Wildman–Crippen MR) is 306 cm³/mol. The number of allylic oxidation sites excluding steroid dienone is 2. The average Bonchev–Trinajstić information content (AvgIpc) is 4.09. The second-order valence-corrected chi connectivity index (χ2v) is 22.2. The van der Waals surface area contributed by atoms with Crippen molar-refractivity contribution < 1.29 is 53.2 Å². The van der Waals surface area contributed by atoms with Crippen molar-refractivity contribution in [3.63, 3.8) is 0 Å². The van der Waals surface area contributed by atoms with Gasteiger partial charge in [0.15, 0.2) is 28.9 Å². The Hall–Kier alpha value is -6.79. The van der Waals surface area contributed by atoms with Crippen molar-refractivity contribution in [3.8, 4) is 0 Å². The Morgan fingerprint density at radius 2 is 1.02 bits per heavy atom. The molecule has 424 valence electrons. The van der Waals surface area contributed by atoms with Crippen LogP contribution in [0.1, 0.15) is 41.5 Å². The minimum absolute atomic E-state index is 0.0119. The van der Waals surface area contributed by atoms with E-state index < -0.39 is 40.4 Å². The van der Waals surface area contributed by atoms with E-state index in [9.17, 15) is 33.6 Å². The molecule has 0 aromatic heterocycles. The summed E-state index contributed by atoms with van der Waals surface area (Å²) in [4.78, 5) is 107. The van der Waals surface area contributed by atoms with Crippen LogP contribution in [0.5, 0.6) is 0 Å². The average molecular weight is 1140 g/mol. The zero-order valence-electron chi connectivity index (χ0n) is 45.0. The van der Waals surface area contributed by atoms with Crippen LogP contribution in [0.15, 0.2) is 139 Å². The lowest BCUT2D eigenvalue weighted by Crippen LogP contribution is -2.49. The summed E-state index contributed by atoms with van der Waals surface area (Å²) in [5, 5.41) is 17.7. The highest BCUT2D eigenvalue weighted by molar-refractivity contribution is 7.99. The van der Waals surface area contributed by atoms with E-state index in [4.69, 9.17) is 35.4 Å². The number of hydrogen-bond donors (Lipinski definition) is 3. The number of fused-ring (bicyclic) bond motifs is 4. The molecule has 2 saturated heterocycles. The summed E-state index contributed by atoms with van der Waals surface area (Å²) in [6.07, 6.45) is 5.24. The quantitative estimate of drug-likeness (QED) is 0.0808. The number of para-hydroxylation sites is 2. The SMILES string of the molecule is NCc1ccc2c(c1)Sc1ccccc1N=C2N1CCN(CCOCCO)CC1.O=C(CCc1ccc2c(c1)Sc1ccccc1N=C2N1CCN(CCOCCO)CC1)CN1C(=O)C=CC1=O.O=C1C=CC(=O)C12C(=O)CCC2=O. The lowest BCUT2D eigenvalue weighted by molar-refractivity contribution is -0.147. The molecule has 21 heteroatoms. The normalized spacial score (nSPS) is 18.3. The number of nitrogens with two attached hydrogens (primary N) is 1. The Kier molecular flexibility index (Phi) is 20.2. The molecule has 5 aliphatic heterocycles. The molecule has 1 spiro atoms. The van der Waals surface area contributed by atoms with Gasteiger partial charge in [0.2, 0.25) is 5.41 Å². The maximum Gasteiger partial charge on any atom is 0.254 e. The molecule has 0 radical (unpaired) electrons. The van der Waals surface area contributed by atoms with Crippen LogP contribution in [0.2, 0.25) is 0 Å². The smallest absolute Gasteiger partial charge is 0.254 e. The molecular formula is C60H66N8O11S2. The molecule has 2 aliphatic carbocycles. The summed E-state index contributed by atoms with van der Waals surface area (Å²) in [6.45, 7) is 11.6. The van der Waals surface area contributed by atoms with Crippen LogP contribution in [-0.2, 0) is 56.0 Å². The van der Waals surface area contributed by atoms with Crippen molar-refractivity contribution in [2.24, 2.45) is 21.1 Å². The highest BCUT2D eigenvalue weighted by Crippen LogP contribution is 2.43. The van der Waals surface area contributed by atoms with E-state index in [2.05, 4.69) is 74.2 Å². The fraction of sp³-hybridized carbons (Fsp3) is 0.383. The largest absolute Gasteiger partial charge is 0.394 e. The maximum absolute atomic E-state index is 12.5. The number of Topliss-reactive ketones (excluding diaryl/α,β-unsaturated/α-hetero) is 3. The number of ketones is 5. The molecule has 4 aromatic carbocycles. The number of aryl methyl sites for hydroxylation is 1. The first-order valence-electron chi connectivity index (χ1n) is 27.3. The Morgan fingerprint density at radius 3 is 1.49 bits per heavy atom. The number of hydrogen-bond acceptors (Lipinski definition) is 20. The highest BCUT2D eigenvalue weighted by Gasteiger charge is 2.61. The summed E-state index contributed by atoms with van der Waals surface area (Å²) in [6, 6.07) is 29.2. The van der Waals surface area contributed by atoms with E-state index in [1.54, 1.807) is 23.5 Å². The van der Waals surface area contributed by atoms with Crippen molar-refractivity contribution in [3.05, 3.63) is 131 Å². The number of aliphatic imine (C=N–C) groups is 2. The maximum atomic E-state index is 12.5. The van der Waals surface area contributed by atoms with Crippen LogP contribution in [0.3, 0.4) is 0 Å². The number of nitrogens with zero attached hydrogens (tertiary/aromatic N) is 7. The van der Waals surface area contributed by atoms with Gasteiger partial charge in [0.25, 0.3) is 11.8 Å². The molecule has 81 heavy (non-hydrogen) atoms. The number of aliphatic hydroxyl groups is 2. The number of rotatable bonds is 16. The third kappa shape index (κ3) is 13.9. The number of aliphatic hydroxyl groups excluding tert-OH is 2. The zero-order chi connectivity index (χ0) is 56.9. The van der Waals surface area contributed by atoms with Gasteiger partial charge in [-0.05, 0) is 78.2 Å². The van der Waals surface area contributed by atoms with Crippen molar-refractivity contribution in [1.29, 1.82) is 0 Å². The Bertz CT molecular complexity index is 3110. The van der Waals surface area contributed by atoms with Crippen LogP contribution < -0.4 is 5.73 Å². The second kappa shape index (κ2) is 27.8. The van der Waals surface area contributed by atoms with Crippen LogP contribution >= 0.6 is 23.5 Å². The van der Waals surface area contributed by atoms with Crippen LogP contribution in [0.4, 0.5) is 11.4 Å². The van der Waals surface area contributed by atoms with E-state index >= 15 is 0 Å². The number of carbonyl (C=O) groups excluding carboxylic acids is 7. The lowest BCUT2D eigenvalue weighted by Gasteiger charge is -2.36. The van der Waals surface area contributed by atoms with Crippen molar-refractivity contribution in [2.75, 3.05) is 112 Å².